The van der Waals surface area contributed by atoms with Crippen molar-refractivity contribution in [2.75, 3.05) is 10.7 Å². The number of hydrogen-bond acceptors (Lipinski definition) is 7. The monoisotopic (exact) mass is 428 g/mol. The molecule has 1 amide bonds. The molecule has 1 unspecified atom stereocenters. The Labute approximate surface area is 175 Å². The lowest BCUT2D eigenvalue weighted by atomic mass is 9.88. The molecule has 3 heterocycles. The number of rotatable bonds is 5. The first-order valence-corrected chi connectivity index (χ1v) is 9.47. The fourth-order valence-corrected chi connectivity index (χ4v) is 3.96. The summed E-state index contributed by atoms with van der Waals surface area (Å²) in [7, 11) is 0. The predicted molar refractivity (Wildman–Crippen MR) is 112 cm³/mol. The van der Waals surface area contributed by atoms with Crippen molar-refractivity contribution in [3.8, 4) is 0 Å². The van der Waals surface area contributed by atoms with Crippen LogP contribution in [0.1, 0.15) is 37.4 Å². The van der Waals surface area contributed by atoms with E-state index in [0.29, 0.717) is 23.5 Å². The van der Waals surface area contributed by atoms with Gasteiger partial charge in [-0.25, -0.2) is 18.9 Å². The summed E-state index contributed by atoms with van der Waals surface area (Å²) < 4.78 is 15.4. The van der Waals surface area contributed by atoms with Gasteiger partial charge in [0.2, 0.25) is 5.91 Å². The predicted octanol–water partition coefficient (Wildman–Crippen LogP) is 3.37. The van der Waals surface area contributed by atoms with Gasteiger partial charge in [-0.05, 0) is 12.5 Å². The van der Waals surface area contributed by atoms with Gasteiger partial charge < -0.3 is 10.7 Å². The van der Waals surface area contributed by atoms with Crippen LogP contribution in [0.15, 0.2) is 29.8 Å². The second-order valence-corrected chi connectivity index (χ2v) is 7.94. The van der Waals surface area contributed by atoms with E-state index < -0.39 is 17.2 Å². The summed E-state index contributed by atoms with van der Waals surface area (Å²) in [6.07, 6.45) is 6.91. The number of carbonyl (C=O) groups is 1. The van der Waals surface area contributed by atoms with Crippen molar-refractivity contribution in [2.24, 2.45) is 5.10 Å². The molecule has 1 aliphatic rings. The summed E-state index contributed by atoms with van der Waals surface area (Å²) in [6.45, 7) is 3.98. The van der Waals surface area contributed by atoms with E-state index in [0.717, 1.165) is 18.1 Å². The number of anilines is 2. The first kappa shape index (κ1) is 19.9. The van der Waals surface area contributed by atoms with E-state index in [9.17, 15) is 9.18 Å². The zero-order chi connectivity index (χ0) is 21.5. The minimum Gasteiger partial charge on any atom is -0.324 e. The van der Waals surface area contributed by atoms with Crippen LogP contribution in [0.4, 0.5) is 15.9 Å². The van der Waals surface area contributed by atoms with Crippen LogP contribution in [-0.2, 0) is 10.2 Å². The Bertz CT molecular complexity index is 1190. The smallest absolute Gasteiger partial charge is 0.232 e. The number of pyridine rings is 1. The van der Waals surface area contributed by atoms with Gasteiger partial charge in [0.1, 0.15) is 0 Å². The molecular weight excluding hydrogens is 411 g/mol. The Morgan fingerprint density at radius 3 is 2.93 bits per heavy atom. The molecule has 11 heteroatoms. The lowest BCUT2D eigenvalue weighted by Crippen LogP contribution is -2.21. The van der Waals surface area contributed by atoms with Gasteiger partial charge in [0.05, 0.1) is 40.9 Å². The van der Waals surface area contributed by atoms with Crippen LogP contribution in [0, 0.1) is 11.2 Å². The molecule has 3 N–H and O–H groups in total. The number of halogens is 2. The molecule has 154 valence electrons. The van der Waals surface area contributed by atoms with Crippen molar-refractivity contribution < 1.29 is 9.18 Å². The largest absolute Gasteiger partial charge is 0.324 e. The van der Waals surface area contributed by atoms with Gasteiger partial charge in [-0.15, -0.1) is 0 Å². The number of amides is 1. The average molecular weight is 429 g/mol. The van der Waals surface area contributed by atoms with E-state index in [1.54, 1.807) is 12.3 Å². The molecule has 1 aliphatic carbocycles. The first-order chi connectivity index (χ1) is 14.3. The molecule has 4 rings (SSSR count). The summed E-state index contributed by atoms with van der Waals surface area (Å²) in [5, 5.41) is 17.8. The molecule has 3 aromatic heterocycles. The van der Waals surface area contributed by atoms with Gasteiger partial charge in [-0.3, -0.25) is 10.2 Å². The summed E-state index contributed by atoms with van der Waals surface area (Å²) >= 11 is 6.18. The van der Waals surface area contributed by atoms with Gasteiger partial charge in [-0.1, -0.05) is 25.4 Å². The normalized spacial score (nSPS) is 17.3. The maximum absolute atomic E-state index is 13.9. The Morgan fingerprint density at radius 2 is 2.20 bits per heavy atom. The van der Waals surface area contributed by atoms with E-state index in [-0.39, 0.29) is 16.6 Å². The zero-order valence-electron chi connectivity index (χ0n) is 16.1. The minimum atomic E-state index is -0.499. The topological polar surface area (TPSA) is 120 Å². The number of carbonyl (C=O) groups excluding carboxylic acids is 1. The maximum Gasteiger partial charge on any atom is 0.232 e. The minimum absolute atomic E-state index is 0.146. The quantitative estimate of drug-likeness (QED) is 0.425. The highest BCUT2D eigenvalue weighted by Gasteiger charge is 2.43. The SMILES string of the molecule is CC1(C)CC(C(=O)Nc2cnc(N/N=C\C=N)c(Cl)c2)c2cnc3c(F)cnn3c21. The zero-order valence-corrected chi connectivity index (χ0v) is 16.9. The van der Waals surface area contributed by atoms with Crippen LogP contribution >= 0.6 is 11.6 Å². The Balaban J connectivity index is 1.60. The molecule has 0 aromatic carbocycles. The fraction of sp³-hybridized carbons (Fsp3) is 0.263. The molecule has 0 fully saturated rings. The second kappa shape index (κ2) is 7.45. The third kappa shape index (κ3) is 3.39. The summed E-state index contributed by atoms with van der Waals surface area (Å²) in [6, 6.07) is 1.56. The van der Waals surface area contributed by atoms with Crippen LogP contribution in [-0.4, -0.2) is 37.9 Å². The van der Waals surface area contributed by atoms with Crippen LogP contribution < -0.4 is 10.7 Å². The first-order valence-electron chi connectivity index (χ1n) is 9.09. The molecule has 0 bridgehead atoms. The van der Waals surface area contributed by atoms with E-state index in [4.69, 9.17) is 17.0 Å². The molecule has 1 atom stereocenters. The Kier molecular flexibility index (Phi) is 4.94. The molecule has 0 aliphatic heterocycles. The third-order valence-corrected chi connectivity index (χ3v) is 5.28. The van der Waals surface area contributed by atoms with Gasteiger partial charge in [0, 0.05) is 23.4 Å². The maximum atomic E-state index is 13.9. The molecule has 0 saturated carbocycles. The number of hydrogen-bond donors (Lipinski definition) is 3. The second-order valence-electron chi connectivity index (χ2n) is 7.53. The van der Waals surface area contributed by atoms with Crippen LogP contribution in [0.3, 0.4) is 0 Å². The number of hydrazone groups is 1. The summed E-state index contributed by atoms with van der Waals surface area (Å²) in [4.78, 5) is 21.3. The molecule has 0 radical (unpaired) electrons. The molecule has 0 spiro atoms. The number of nitrogens with zero attached hydrogens (tertiary/aromatic N) is 5. The van der Waals surface area contributed by atoms with Crippen molar-refractivity contribution in [3.05, 3.63) is 46.8 Å². The number of nitrogens with one attached hydrogen (secondary N) is 3. The lowest BCUT2D eigenvalue weighted by Gasteiger charge is -2.19. The van der Waals surface area contributed by atoms with Crippen molar-refractivity contribution >= 4 is 47.1 Å². The summed E-state index contributed by atoms with van der Waals surface area (Å²) in [5.74, 6) is -0.919. The van der Waals surface area contributed by atoms with Gasteiger partial charge >= 0.3 is 0 Å². The fourth-order valence-electron chi connectivity index (χ4n) is 3.75. The highest BCUT2D eigenvalue weighted by Crippen LogP contribution is 2.46. The number of aromatic nitrogens is 4. The molecular formula is C19H18ClFN8O. The molecule has 30 heavy (non-hydrogen) atoms. The van der Waals surface area contributed by atoms with Gasteiger partial charge in [-0.2, -0.15) is 10.2 Å². The highest BCUT2D eigenvalue weighted by molar-refractivity contribution is 6.33. The van der Waals surface area contributed by atoms with Crippen molar-refractivity contribution in [2.45, 2.75) is 31.6 Å². The van der Waals surface area contributed by atoms with E-state index >= 15 is 0 Å². The van der Waals surface area contributed by atoms with Gasteiger partial charge in [0.25, 0.3) is 0 Å². The molecule has 0 saturated heterocycles. The van der Waals surface area contributed by atoms with Crippen LogP contribution in [0.2, 0.25) is 5.02 Å². The van der Waals surface area contributed by atoms with Gasteiger partial charge in [0.15, 0.2) is 17.3 Å². The van der Waals surface area contributed by atoms with Crippen molar-refractivity contribution in [3.63, 3.8) is 0 Å². The Hall–Kier alpha value is -3.40. The Morgan fingerprint density at radius 1 is 1.40 bits per heavy atom. The van der Waals surface area contributed by atoms with E-state index in [2.05, 4.69) is 30.9 Å². The number of fused-ring (bicyclic) bond motifs is 3. The third-order valence-electron chi connectivity index (χ3n) is 4.99. The molecule has 9 nitrogen and oxygen atoms in total. The lowest BCUT2D eigenvalue weighted by molar-refractivity contribution is -0.117. The standard InChI is InChI=1S/C19H18ClFN8O/c1-19(2)6-11(12-8-24-17-14(21)9-26-29(17)15(12)19)18(30)27-10-5-13(20)16(23-7-10)28-25-4-3-22/h3-5,7-9,11,22H,6H2,1-2H3,(H,23,28)(H,27,30)/b22-3?,25-4-. The van der Waals surface area contributed by atoms with Crippen LogP contribution in [0.25, 0.3) is 5.65 Å². The van der Waals surface area contributed by atoms with Crippen molar-refractivity contribution in [1.29, 1.82) is 5.41 Å². The summed E-state index contributed by atoms with van der Waals surface area (Å²) in [5.41, 5.74) is 4.27. The van der Waals surface area contributed by atoms with Crippen molar-refractivity contribution in [1.82, 2.24) is 19.6 Å². The average Bonchev–Trinajstić information content (AvgIpc) is 3.21. The van der Waals surface area contributed by atoms with E-state index in [1.807, 2.05) is 13.8 Å². The van der Waals surface area contributed by atoms with Crippen LogP contribution in [0.5, 0.6) is 0 Å². The highest BCUT2D eigenvalue weighted by atomic mass is 35.5. The molecule has 3 aromatic rings. The van der Waals surface area contributed by atoms with E-state index in [1.165, 1.54) is 16.9 Å².